The van der Waals surface area contributed by atoms with Gasteiger partial charge in [0.2, 0.25) is 0 Å². The van der Waals surface area contributed by atoms with Crippen LogP contribution in [0.1, 0.15) is 23.8 Å². The lowest BCUT2D eigenvalue weighted by Crippen LogP contribution is -2.28. The number of amides is 1. The van der Waals surface area contributed by atoms with Crippen molar-refractivity contribution >= 4 is 5.91 Å². The Morgan fingerprint density at radius 2 is 2.50 bits per heavy atom. The fourth-order valence-electron chi connectivity index (χ4n) is 1.08. The zero-order valence-corrected chi connectivity index (χ0v) is 8.40. The summed E-state index contributed by atoms with van der Waals surface area (Å²) in [5.41, 5.74) is 0.524. The maximum atomic E-state index is 11.5. The van der Waals surface area contributed by atoms with Gasteiger partial charge >= 0.3 is 0 Å². The van der Waals surface area contributed by atoms with Gasteiger partial charge in [-0.25, -0.2) is 0 Å². The van der Waals surface area contributed by atoms with Gasteiger partial charge in [0.1, 0.15) is 5.69 Å². The molecule has 1 rings (SSSR count). The Balaban J connectivity index is 2.40. The highest BCUT2D eigenvalue weighted by atomic mass is 16.3. The van der Waals surface area contributed by atoms with Gasteiger partial charge < -0.3 is 10.4 Å². The van der Waals surface area contributed by atoms with E-state index in [1.54, 1.807) is 26.2 Å². The Labute approximate surface area is 82.7 Å². The molecule has 0 aliphatic carbocycles. The van der Waals surface area contributed by atoms with Gasteiger partial charge in [0, 0.05) is 19.8 Å². The lowest BCUT2D eigenvalue weighted by Gasteiger charge is -2.06. The van der Waals surface area contributed by atoms with Crippen LogP contribution in [0.3, 0.4) is 0 Å². The van der Waals surface area contributed by atoms with Crippen molar-refractivity contribution in [3.63, 3.8) is 0 Å². The molecule has 0 aliphatic heterocycles. The minimum atomic E-state index is -0.387. The zero-order valence-electron chi connectivity index (χ0n) is 8.40. The first-order chi connectivity index (χ1) is 6.61. The maximum absolute atomic E-state index is 11.5. The Bertz CT molecular complexity index is 307. The summed E-state index contributed by atoms with van der Waals surface area (Å²) in [7, 11) is 1.71. The molecule has 5 heteroatoms. The second-order valence-electron chi connectivity index (χ2n) is 3.23. The predicted octanol–water partition coefficient (Wildman–Crippen LogP) is -0.0792. The van der Waals surface area contributed by atoms with Crippen molar-refractivity contribution in [1.82, 2.24) is 15.1 Å². The number of nitrogens with one attached hydrogen (secondary N) is 1. The predicted molar refractivity (Wildman–Crippen MR) is 51.8 cm³/mol. The van der Waals surface area contributed by atoms with Crippen LogP contribution in [0.4, 0.5) is 0 Å². The molecule has 1 aromatic heterocycles. The maximum Gasteiger partial charge on any atom is 0.269 e. The van der Waals surface area contributed by atoms with Gasteiger partial charge in [0.15, 0.2) is 0 Å². The third kappa shape index (κ3) is 2.85. The summed E-state index contributed by atoms with van der Waals surface area (Å²) in [6.45, 7) is 2.16. The van der Waals surface area contributed by atoms with Gasteiger partial charge in [-0.1, -0.05) is 0 Å². The highest BCUT2D eigenvalue weighted by molar-refractivity contribution is 5.92. The third-order valence-electron chi connectivity index (χ3n) is 1.90. The van der Waals surface area contributed by atoms with Crippen LogP contribution in [-0.4, -0.2) is 33.4 Å². The Morgan fingerprint density at radius 1 is 1.79 bits per heavy atom. The van der Waals surface area contributed by atoms with E-state index in [0.29, 0.717) is 18.7 Å². The molecule has 0 spiro atoms. The Morgan fingerprint density at radius 3 is 3.00 bits per heavy atom. The number of rotatable bonds is 4. The van der Waals surface area contributed by atoms with Crippen molar-refractivity contribution in [2.45, 2.75) is 19.4 Å². The minimum absolute atomic E-state index is 0.161. The lowest BCUT2D eigenvalue weighted by molar-refractivity contribution is 0.0936. The average molecular weight is 197 g/mol. The molecule has 1 amide bonds. The fourth-order valence-corrected chi connectivity index (χ4v) is 1.08. The molecule has 1 unspecified atom stereocenters. The van der Waals surface area contributed by atoms with Crippen molar-refractivity contribution < 1.29 is 9.90 Å². The second-order valence-corrected chi connectivity index (χ2v) is 3.23. The molecule has 1 heterocycles. The van der Waals surface area contributed by atoms with Gasteiger partial charge in [-0.2, -0.15) is 5.10 Å². The summed E-state index contributed by atoms with van der Waals surface area (Å²) < 4.78 is 1.51. The molecule has 0 radical (unpaired) electrons. The Kier molecular flexibility index (Phi) is 3.64. The number of aryl methyl sites for hydroxylation is 1. The summed E-state index contributed by atoms with van der Waals surface area (Å²) in [6.07, 6.45) is 1.74. The van der Waals surface area contributed by atoms with E-state index >= 15 is 0 Å². The molecule has 0 saturated heterocycles. The standard InChI is InChI=1S/C9H15N3O2/c1-7(13)3-5-10-9(14)8-4-6-11-12(8)2/h4,6-7,13H,3,5H2,1-2H3,(H,10,14). The number of hydrogen-bond donors (Lipinski definition) is 2. The molecule has 0 fully saturated rings. The summed E-state index contributed by atoms with van der Waals surface area (Å²) in [5.74, 6) is -0.161. The van der Waals surface area contributed by atoms with E-state index in [-0.39, 0.29) is 12.0 Å². The molecule has 0 saturated carbocycles. The number of aliphatic hydroxyl groups excluding tert-OH is 1. The molecule has 2 N–H and O–H groups in total. The molecule has 78 valence electrons. The monoisotopic (exact) mass is 197 g/mol. The van der Waals surface area contributed by atoms with Crippen molar-refractivity contribution in [3.05, 3.63) is 18.0 Å². The van der Waals surface area contributed by atoms with Gasteiger partial charge in [-0.3, -0.25) is 9.48 Å². The number of aliphatic hydroxyl groups is 1. The van der Waals surface area contributed by atoms with Crippen LogP contribution in [0.2, 0.25) is 0 Å². The molecule has 5 nitrogen and oxygen atoms in total. The fraction of sp³-hybridized carbons (Fsp3) is 0.556. The number of aromatic nitrogens is 2. The lowest BCUT2D eigenvalue weighted by atomic mass is 10.3. The number of hydrogen-bond acceptors (Lipinski definition) is 3. The first kappa shape index (κ1) is 10.7. The SMILES string of the molecule is CC(O)CCNC(=O)c1ccnn1C. The van der Waals surface area contributed by atoms with E-state index in [4.69, 9.17) is 5.11 Å². The quantitative estimate of drug-likeness (QED) is 0.709. The summed E-state index contributed by atoms with van der Waals surface area (Å²) in [6, 6.07) is 1.65. The smallest absolute Gasteiger partial charge is 0.269 e. The van der Waals surface area contributed by atoms with E-state index in [2.05, 4.69) is 10.4 Å². The molecular weight excluding hydrogens is 182 g/mol. The second kappa shape index (κ2) is 4.76. The molecule has 0 aromatic carbocycles. The molecule has 0 aliphatic rings. The topological polar surface area (TPSA) is 67.2 Å². The largest absolute Gasteiger partial charge is 0.393 e. The van der Waals surface area contributed by atoms with Crippen LogP contribution in [0.5, 0.6) is 0 Å². The van der Waals surface area contributed by atoms with Crippen molar-refractivity contribution in [1.29, 1.82) is 0 Å². The highest BCUT2D eigenvalue weighted by Gasteiger charge is 2.08. The molecule has 1 atom stereocenters. The summed E-state index contributed by atoms with van der Waals surface area (Å²) >= 11 is 0. The van der Waals surface area contributed by atoms with Gasteiger partial charge in [0.25, 0.3) is 5.91 Å². The van der Waals surface area contributed by atoms with Gasteiger partial charge in [-0.05, 0) is 19.4 Å². The van der Waals surface area contributed by atoms with E-state index in [1.807, 2.05) is 0 Å². The van der Waals surface area contributed by atoms with Crippen LogP contribution >= 0.6 is 0 Å². The van der Waals surface area contributed by atoms with E-state index in [9.17, 15) is 4.79 Å². The highest BCUT2D eigenvalue weighted by Crippen LogP contribution is 1.96. The van der Waals surface area contributed by atoms with Crippen LogP contribution < -0.4 is 5.32 Å². The van der Waals surface area contributed by atoms with Crippen molar-refractivity contribution in [2.75, 3.05) is 6.54 Å². The molecule has 14 heavy (non-hydrogen) atoms. The summed E-state index contributed by atoms with van der Waals surface area (Å²) in [4.78, 5) is 11.5. The van der Waals surface area contributed by atoms with Gasteiger partial charge in [-0.15, -0.1) is 0 Å². The third-order valence-corrected chi connectivity index (χ3v) is 1.90. The van der Waals surface area contributed by atoms with Crippen LogP contribution in [0.15, 0.2) is 12.3 Å². The molecular formula is C9H15N3O2. The van der Waals surface area contributed by atoms with Crippen LogP contribution in [0.25, 0.3) is 0 Å². The van der Waals surface area contributed by atoms with Crippen molar-refractivity contribution in [3.8, 4) is 0 Å². The first-order valence-electron chi connectivity index (χ1n) is 4.55. The van der Waals surface area contributed by atoms with E-state index in [0.717, 1.165) is 0 Å². The normalized spacial score (nSPS) is 12.5. The summed E-state index contributed by atoms with van der Waals surface area (Å²) in [5, 5.41) is 15.6. The zero-order chi connectivity index (χ0) is 10.6. The Hall–Kier alpha value is -1.36. The van der Waals surface area contributed by atoms with Crippen LogP contribution in [0, 0.1) is 0 Å². The van der Waals surface area contributed by atoms with E-state index < -0.39 is 0 Å². The van der Waals surface area contributed by atoms with E-state index in [1.165, 1.54) is 4.68 Å². The number of carbonyl (C=O) groups excluding carboxylic acids is 1. The minimum Gasteiger partial charge on any atom is -0.393 e. The molecule has 1 aromatic rings. The average Bonchev–Trinajstić information content (AvgIpc) is 2.50. The first-order valence-corrected chi connectivity index (χ1v) is 4.55. The van der Waals surface area contributed by atoms with Crippen LogP contribution in [-0.2, 0) is 7.05 Å². The number of nitrogens with zero attached hydrogens (tertiary/aromatic N) is 2. The van der Waals surface area contributed by atoms with Gasteiger partial charge in [0.05, 0.1) is 6.10 Å². The molecule has 0 bridgehead atoms. The number of carbonyl (C=O) groups is 1. The van der Waals surface area contributed by atoms with Crippen molar-refractivity contribution in [2.24, 2.45) is 7.05 Å².